The maximum absolute atomic E-state index is 10.6. The van der Waals surface area contributed by atoms with E-state index in [4.69, 9.17) is 5.11 Å². The summed E-state index contributed by atoms with van der Waals surface area (Å²) in [6, 6.07) is 0.346. The first-order valence-electron chi connectivity index (χ1n) is 6.10. The highest BCUT2D eigenvalue weighted by Gasteiger charge is 2.29. The molecule has 0 aromatic rings. The van der Waals surface area contributed by atoms with Gasteiger partial charge in [-0.05, 0) is 40.2 Å². The third-order valence-electron chi connectivity index (χ3n) is 3.13. The molecule has 0 saturated carbocycles. The van der Waals surface area contributed by atoms with Crippen LogP contribution in [-0.2, 0) is 4.79 Å². The van der Waals surface area contributed by atoms with Crippen LogP contribution in [0.2, 0.25) is 0 Å². The van der Waals surface area contributed by atoms with Crippen molar-refractivity contribution in [2.45, 2.75) is 51.6 Å². The number of carboxylic acid groups (broad SMARTS) is 1. The largest absolute Gasteiger partial charge is 0.481 e. The van der Waals surface area contributed by atoms with Crippen molar-refractivity contribution in [1.29, 1.82) is 0 Å². The van der Waals surface area contributed by atoms with Crippen molar-refractivity contribution < 1.29 is 9.90 Å². The maximum Gasteiger partial charge on any atom is 0.303 e. The van der Waals surface area contributed by atoms with Gasteiger partial charge >= 0.3 is 5.97 Å². The number of hydrogen-bond donors (Lipinski definition) is 2. The van der Waals surface area contributed by atoms with Crippen LogP contribution in [0.4, 0.5) is 0 Å². The standard InChI is InChI=1S/C12H24N2O2/c1-12(2,3)14-8-4-7-13-9-10(14)5-6-11(15)16/h10,13H,4-9H2,1-3H3,(H,15,16). The predicted octanol–water partition coefficient (Wildman–Crippen LogP) is 1.31. The van der Waals surface area contributed by atoms with Gasteiger partial charge in [-0.15, -0.1) is 0 Å². The number of nitrogens with one attached hydrogen (secondary N) is 1. The summed E-state index contributed by atoms with van der Waals surface area (Å²) >= 11 is 0. The van der Waals surface area contributed by atoms with Crippen molar-refractivity contribution in [3.8, 4) is 0 Å². The molecule has 1 aliphatic heterocycles. The molecule has 0 aromatic carbocycles. The molecule has 4 nitrogen and oxygen atoms in total. The Bertz CT molecular complexity index is 236. The fourth-order valence-electron chi connectivity index (χ4n) is 2.37. The Labute approximate surface area is 98.0 Å². The van der Waals surface area contributed by atoms with E-state index in [9.17, 15) is 4.79 Å². The Morgan fingerprint density at radius 1 is 1.50 bits per heavy atom. The molecule has 0 aliphatic carbocycles. The van der Waals surface area contributed by atoms with Crippen molar-refractivity contribution >= 4 is 5.97 Å². The second kappa shape index (κ2) is 5.64. The molecule has 1 atom stereocenters. The quantitative estimate of drug-likeness (QED) is 0.765. The Hall–Kier alpha value is -0.610. The minimum absolute atomic E-state index is 0.120. The van der Waals surface area contributed by atoms with E-state index < -0.39 is 5.97 Å². The third kappa shape index (κ3) is 4.10. The molecule has 94 valence electrons. The van der Waals surface area contributed by atoms with E-state index in [0.717, 1.165) is 32.5 Å². The average molecular weight is 228 g/mol. The molecule has 1 aliphatic rings. The van der Waals surface area contributed by atoms with Crippen molar-refractivity contribution in [1.82, 2.24) is 10.2 Å². The van der Waals surface area contributed by atoms with Gasteiger partial charge in [0.25, 0.3) is 0 Å². The first-order valence-corrected chi connectivity index (χ1v) is 6.10. The SMILES string of the molecule is CC(C)(C)N1CCCNCC1CCC(=O)O. The molecule has 1 rings (SSSR count). The Balaban J connectivity index is 2.62. The molecular formula is C12H24N2O2. The van der Waals surface area contributed by atoms with E-state index in [-0.39, 0.29) is 12.0 Å². The first-order chi connectivity index (χ1) is 7.41. The van der Waals surface area contributed by atoms with E-state index in [1.807, 2.05) is 0 Å². The molecule has 1 saturated heterocycles. The van der Waals surface area contributed by atoms with Gasteiger partial charge in [0.1, 0.15) is 0 Å². The van der Waals surface area contributed by atoms with Crippen molar-refractivity contribution in [3.63, 3.8) is 0 Å². The second-order valence-electron chi connectivity index (χ2n) is 5.51. The summed E-state index contributed by atoms with van der Waals surface area (Å²) in [5.41, 5.74) is 0.120. The lowest BCUT2D eigenvalue weighted by Crippen LogP contribution is -2.50. The van der Waals surface area contributed by atoms with Crippen LogP contribution >= 0.6 is 0 Å². The van der Waals surface area contributed by atoms with Crippen molar-refractivity contribution in [3.05, 3.63) is 0 Å². The smallest absolute Gasteiger partial charge is 0.303 e. The van der Waals surface area contributed by atoms with E-state index in [2.05, 4.69) is 31.0 Å². The zero-order chi connectivity index (χ0) is 12.2. The lowest BCUT2D eigenvalue weighted by atomic mass is 10.00. The van der Waals surface area contributed by atoms with Crippen molar-refractivity contribution in [2.75, 3.05) is 19.6 Å². The summed E-state index contributed by atoms with van der Waals surface area (Å²) < 4.78 is 0. The normalized spacial score (nSPS) is 24.1. The zero-order valence-corrected chi connectivity index (χ0v) is 10.6. The minimum atomic E-state index is -0.696. The molecule has 1 unspecified atom stereocenters. The molecule has 4 heteroatoms. The molecule has 1 heterocycles. The van der Waals surface area contributed by atoms with E-state index in [1.165, 1.54) is 0 Å². The summed E-state index contributed by atoms with van der Waals surface area (Å²) in [5, 5.41) is 12.2. The van der Waals surface area contributed by atoms with Crippen LogP contribution in [0, 0.1) is 0 Å². The Morgan fingerprint density at radius 3 is 2.75 bits per heavy atom. The van der Waals surface area contributed by atoms with E-state index >= 15 is 0 Å². The summed E-state index contributed by atoms with van der Waals surface area (Å²) in [7, 11) is 0. The second-order valence-corrected chi connectivity index (χ2v) is 5.51. The highest BCUT2D eigenvalue weighted by atomic mass is 16.4. The number of carboxylic acids is 1. The molecule has 0 aromatic heterocycles. The lowest BCUT2D eigenvalue weighted by molar-refractivity contribution is -0.137. The maximum atomic E-state index is 10.6. The van der Waals surface area contributed by atoms with Gasteiger partial charge in [-0.2, -0.15) is 0 Å². The van der Waals surface area contributed by atoms with E-state index in [0.29, 0.717) is 6.04 Å². The highest BCUT2D eigenvalue weighted by molar-refractivity contribution is 5.66. The number of hydrogen-bond acceptors (Lipinski definition) is 3. The average Bonchev–Trinajstić information content (AvgIpc) is 2.38. The van der Waals surface area contributed by atoms with Gasteiger partial charge in [0.2, 0.25) is 0 Å². The summed E-state index contributed by atoms with van der Waals surface area (Å²) in [6.07, 6.45) is 2.14. The van der Waals surface area contributed by atoms with Crippen molar-refractivity contribution in [2.24, 2.45) is 0 Å². The number of rotatable bonds is 3. The van der Waals surface area contributed by atoms with Gasteiger partial charge in [-0.25, -0.2) is 0 Å². The van der Waals surface area contributed by atoms with Gasteiger partial charge < -0.3 is 10.4 Å². The van der Waals surface area contributed by atoms with Crippen LogP contribution in [0.1, 0.15) is 40.0 Å². The fraction of sp³-hybridized carbons (Fsp3) is 0.917. The lowest BCUT2D eigenvalue weighted by Gasteiger charge is -2.40. The van der Waals surface area contributed by atoms with Crippen LogP contribution in [0.25, 0.3) is 0 Å². The van der Waals surface area contributed by atoms with Crippen LogP contribution in [0.3, 0.4) is 0 Å². The minimum Gasteiger partial charge on any atom is -0.481 e. The molecule has 0 bridgehead atoms. The summed E-state index contributed by atoms with van der Waals surface area (Å²) in [5.74, 6) is -0.696. The topological polar surface area (TPSA) is 52.6 Å². The molecule has 16 heavy (non-hydrogen) atoms. The van der Waals surface area contributed by atoms with Crippen LogP contribution < -0.4 is 5.32 Å². The Morgan fingerprint density at radius 2 is 2.19 bits per heavy atom. The monoisotopic (exact) mass is 228 g/mol. The molecule has 0 amide bonds. The number of aliphatic carboxylic acids is 1. The van der Waals surface area contributed by atoms with Crippen LogP contribution in [-0.4, -0.2) is 47.2 Å². The molecule has 0 spiro atoms. The zero-order valence-electron chi connectivity index (χ0n) is 10.6. The molecule has 1 fully saturated rings. The van der Waals surface area contributed by atoms with Gasteiger partial charge in [0.05, 0.1) is 0 Å². The van der Waals surface area contributed by atoms with E-state index in [1.54, 1.807) is 0 Å². The third-order valence-corrected chi connectivity index (χ3v) is 3.13. The van der Waals surface area contributed by atoms with Gasteiger partial charge in [-0.3, -0.25) is 9.69 Å². The number of nitrogens with zero attached hydrogens (tertiary/aromatic N) is 1. The van der Waals surface area contributed by atoms with Gasteiger partial charge in [-0.1, -0.05) is 0 Å². The molecule has 0 radical (unpaired) electrons. The number of carbonyl (C=O) groups is 1. The first kappa shape index (κ1) is 13.5. The van der Waals surface area contributed by atoms with Crippen LogP contribution in [0.15, 0.2) is 0 Å². The molecule has 2 N–H and O–H groups in total. The van der Waals surface area contributed by atoms with Gasteiger partial charge in [0.15, 0.2) is 0 Å². The van der Waals surface area contributed by atoms with Gasteiger partial charge in [0, 0.05) is 31.1 Å². The summed E-state index contributed by atoms with van der Waals surface area (Å²) in [4.78, 5) is 13.1. The summed E-state index contributed by atoms with van der Waals surface area (Å²) in [6.45, 7) is 9.60. The van der Waals surface area contributed by atoms with Crippen LogP contribution in [0.5, 0.6) is 0 Å². The molecular weight excluding hydrogens is 204 g/mol. The predicted molar refractivity (Wildman–Crippen MR) is 64.6 cm³/mol. The highest BCUT2D eigenvalue weighted by Crippen LogP contribution is 2.21. The Kier molecular flexibility index (Phi) is 4.74. The fourth-order valence-corrected chi connectivity index (χ4v) is 2.37.